The van der Waals surface area contributed by atoms with Crippen molar-refractivity contribution in [2.24, 2.45) is 0 Å². The van der Waals surface area contributed by atoms with Gasteiger partial charge in [-0.3, -0.25) is 9.36 Å². The highest BCUT2D eigenvalue weighted by Crippen LogP contribution is 2.32. The van der Waals surface area contributed by atoms with Crippen molar-refractivity contribution in [3.05, 3.63) is 100 Å². The summed E-state index contributed by atoms with van der Waals surface area (Å²) in [6.45, 7) is 0.670. The Kier molecular flexibility index (Phi) is 4.70. The van der Waals surface area contributed by atoms with Crippen molar-refractivity contribution in [3.63, 3.8) is 0 Å². The van der Waals surface area contributed by atoms with Crippen molar-refractivity contribution < 1.29 is 0 Å². The number of aromatic nitrogens is 2. The fourth-order valence-electron chi connectivity index (χ4n) is 3.79. The molecule has 29 heavy (non-hydrogen) atoms. The second-order valence-corrected chi connectivity index (χ2v) is 8.08. The van der Waals surface area contributed by atoms with Gasteiger partial charge in [-0.15, -0.1) is 11.3 Å². The van der Waals surface area contributed by atoms with E-state index in [1.807, 2.05) is 18.2 Å². The first-order valence-corrected chi connectivity index (χ1v) is 10.7. The van der Waals surface area contributed by atoms with Gasteiger partial charge in [-0.2, -0.15) is 0 Å². The van der Waals surface area contributed by atoms with Gasteiger partial charge in [-0.1, -0.05) is 66.7 Å². The monoisotopic (exact) mass is 396 g/mol. The fourth-order valence-corrected chi connectivity index (χ4v) is 4.70. The fraction of sp³-hybridized carbons (Fsp3) is 0.120. The summed E-state index contributed by atoms with van der Waals surface area (Å²) in [4.78, 5) is 18.6. The number of fused-ring (bicyclic) bond motifs is 2. The molecular weight excluding hydrogens is 376 g/mol. The van der Waals surface area contributed by atoms with Crippen molar-refractivity contribution in [2.45, 2.75) is 19.4 Å². The highest BCUT2D eigenvalue weighted by Gasteiger charge is 2.13. The predicted octanol–water partition coefficient (Wildman–Crippen LogP) is 5.91. The minimum atomic E-state index is 0.0486. The molecule has 0 saturated carbocycles. The maximum absolute atomic E-state index is 13.2. The van der Waals surface area contributed by atoms with E-state index in [9.17, 15) is 4.79 Å². The average molecular weight is 397 g/mol. The van der Waals surface area contributed by atoms with Crippen molar-refractivity contribution >= 4 is 32.3 Å². The number of rotatable bonds is 5. The van der Waals surface area contributed by atoms with E-state index < -0.39 is 0 Å². The number of nitrogens with zero attached hydrogens (tertiary/aromatic N) is 2. The Morgan fingerprint density at radius 1 is 0.897 bits per heavy atom. The van der Waals surface area contributed by atoms with E-state index in [0.29, 0.717) is 6.54 Å². The van der Waals surface area contributed by atoms with Gasteiger partial charge >= 0.3 is 0 Å². The third-order valence-electron chi connectivity index (χ3n) is 5.33. The van der Waals surface area contributed by atoms with Gasteiger partial charge < -0.3 is 0 Å². The lowest BCUT2D eigenvalue weighted by atomic mass is 10.0. The van der Waals surface area contributed by atoms with E-state index in [2.05, 4.69) is 65.0 Å². The molecule has 0 bridgehead atoms. The zero-order valence-electron chi connectivity index (χ0n) is 15.9. The lowest BCUT2D eigenvalue weighted by Crippen LogP contribution is -2.20. The molecule has 0 aliphatic carbocycles. The molecule has 3 aromatic carbocycles. The van der Waals surface area contributed by atoms with Gasteiger partial charge in [0.15, 0.2) is 0 Å². The van der Waals surface area contributed by atoms with Gasteiger partial charge in [0.05, 0.1) is 11.7 Å². The molecule has 2 heterocycles. The molecule has 0 amide bonds. The van der Waals surface area contributed by atoms with Gasteiger partial charge in [0.2, 0.25) is 0 Å². The third-order valence-corrected chi connectivity index (χ3v) is 6.21. The first-order valence-electron chi connectivity index (χ1n) is 9.79. The van der Waals surface area contributed by atoms with E-state index >= 15 is 0 Å². The van der Waals surface area contributed by atoms with Crippen LogP contribution in [0.5, 0.6) is 0 Å². The first-order chi connectivity index (χ1) is 14.3. The summed E-state index contributed by atoms with van der Waals surface area (Å²) in [5.74, 6) is 0. The molecule has 142 valence electrons. The molecule has 4 heteroatoms. The first kappa shape index (κ1) is 17.8. The lowest BCUT2D eigenvalue weighted by molar-refractivity contribution is 0.618. The van der Waals surface area contributed by atoms with Crippen LogP contribution in [-0.2, 0) is 13.0 Å². The van der Waals surface area contributed by atoms with E-state index in [1.165, 1.54) is 27.7 Å². The molecule has 0 radical (unpaired) electrons. The predicted molar refractivity (Wildman–Crippen MR) is 122 cm³/mol. The lowest BCUT2D eigenvalue weighted by Gasteiger charge is -2.07. The standard InChI is InChI=1S/C25H20N2OS/c28-25-23-22(21-13-12-19-10-4-5-11-20(19)15-21)16-29-24(23)26-17-27(25)14-6-9-18-7-2-1-3-8-18/h1-5,7-8,10-13,15-17H,6,9,14H2. The van der Waals surface area contributed by atoms with Crippen LogP contribution in [0.15, 0.2) is 89.3 Å². The zero-order chi connectivity index (χ0) is 19.6. The van der Waals surface area contributed by atoms with Crippen LogP contribution in [0.1, 0.15) is 12.0 Å². The molecule has 0 spiro atoms. The molecule has 0 fully saturated rings. The summed E-state index contributed by atoms with van der Waals surface area (Å²) in [5.41, 5.74) is 3.39. The van der Waals surface area contributed by atoms with Crippen LogP contribution in [0, 0.1) is 0 Å². The molecule has 2 aromatic heterocycles. The summed E-state index contributed by atoms with van der Waals surface area (Å²) >= 11 is 1.53. The highest BCUT2D eigenvalue weighted by atomic mass is 32.1. The Balaban J connectivity index is 1.49. The van der Waals surface area contributed by atoms with Crippen LogP contribution >= 0.6 is 11.3 Å². The van der Waals surface area contributed by atoms with Crippen LogP contribution in [0.4, 0.5) is 0 Å². The smallest absolute Gasteiger partial charge is 0.262 e. The SMILES string of the molecule is O=c1c2c(-c3ccc4ccccc4c3)csc2ncn1CCCc1ccccc1. The summed E-state index contributed by atoms with van der Waals surface area (Å²) in [7, 11) is 0. The largest absolute Gasteiger partial charge is 0.299 e. The average Bonchev–Trinajstić information content (AvgIpc) is 3.21. The van der Waals surface area contributed by atoms with Crippen LogP contribution in [-0.4, -0.2) is 9.55 Å². The quantitative estimate of drug-likeness (QED) is 0.370. The summed E-state index contributed by atoms with van der Waals surface area (Å²) in [6, 6.07) is 25.0. The number of benzene rings is 3. The minimum Gasteiger partial charge on any atom is -0.299 e. The van der Waals surface area contributed by atoms with Gasteiger partial charge in [0, 0.05) is 17.5 Å². The Labute approximate surface area is 172 Å². The Morgan fingerprint density at radius 3 is 2.55 bits per heavy atom. The molecule has 0 saturated heterocycles. The van der Waals surface area contributed by atoms with Crippen LogP contribution in [0.3, 0.4) is 0 Å². The molecule has 0 atom stereocenters. The van der Waals surface area contributed by atoms with Crippen LogP contribution in [0.2, 0.25) is 0 Å². The second-order valence-electron chi connectivity index (χ2n) is 7.22. The molecule has 5 rings (SSSR count). The number of aryl methyl sites for hydroxylation is 2. The Bertz CT molecular complexity index is 1350. The summed E-state index contributed by atoms with van der Waals surface area (Å²) in [5, 5.41) is 5.16. The second kappa shape index (κ2) is 7.64. The van der Waals surface area contributed by atoms with Crippen molar-refractivity contribution in [1.29, 1.82) is 0 Å². The topological polar surface area (TPSA) is 34.9 Å². The molecular formula is C25H20N2OS. The van der Waals surface area contributed by atoms with Crippen molar-refractivity contribution in [1.82, 2.24) is 9.55 Å². The molecule has 0 N–H and O–H groups in total. The Morgan fingerprint density at radius 2 is 1.69 bits per heavy atom. The van der Waals surface area contributed by atoms with Crippen LogP contribution < -0.4 is 5.56 Å². The Hall–Kier alpha value is -3.24. The van der Waals surface area contributed by atoms with Gasteiger partial charge in [-0.05, 0) is 40.8 Å². The minimum absolute atomic E-state index is 0.0486. The highest BCUT2D eigenvalue weighted by molar-refractivity contribution is 7.17. The summed E-state index contributed by atoms with van der Waals surface area (Å²) < 4.78 is 1.75. The maximum Gasteiger partial charge on any atom is 0.262 e. The van der Waals surface area contributed by atoms with Crippen molar-refractivity contribution in [2.75, 3.05) is 0 Å². The van der Waals surface area contributed by atoms with Crippen molar-refractivity contribution in [3.8, 4) is 11.1 Å². The van der Waals surface area contributed by atoms with Crippen LogP contribution in [0.25, 0.3) is 32.1 Å². The van der Waals surface area contributed by atoms with Gasteiger partial charge in [0.1, 0.15) is 4.83 Å². The molecule has 0 aliphatic rings. The number of hydrogen-bond donors (Lipinski definition) is 0. The molecule has 3 nitrogen and oxygen atoms in total. The van der Waals surface area contributed by atoms with Gasteiger partial charge in [-0.25, -0.2) is 4.98 Å². The van der Waals surface area contributed by atoms with E-state index in [1.54, 1.807) is 10.9 Å². The molecule has 5 aromatic rings. The van der Waals surface area contributed by atoms with E-state index in [-0.39, 0.29) is 5.56 Å². The maximum atomic E-state index is 13.2. The summed E-state index contributed by atoms with van der Waals surface area (Å²) in [6.07, 6.45) is 3.55. The number of hydrogen-bond acceptors (Lipinski definition) is 3. The van der Waals surface area contributed by atoms with Gasteiger partial charge in [0.25, 0.3) is 5.56 Å². The number of thiophene rings is 1. The van der Waals surface area contributed by atoms with E-state index in [4.69, 9.17) is 0 Å². The molecule has 0 aliphatic heterocycles. The third kappa shape index (κ3) is 3.47. The zero-order valence-corrected chi connectivity index (χ0v) is 16.7. The van der Waals surface area contributed by atoms with E-state index in [0.717, 1.165) is 34.2 Å². The normalized spacial score (nSPS) is 11.3. The molecule has 0 unspecified atom stereocenters.